The monoisotopic (exact) mass is 359 g/mol. The van der Waals surface area contributed by atoms with Crippen LogP contribution < -0.4 is 5.32 Å². The van der Waals surface area contributed by atoms with Gasteiger partial charge in [-0.3, -0.25) is 9.59 Å². The van der Waals surface area contributed by atoms with Crippen LogP contribution in [0.5, 0.6) is 0 Å². The molecule has 0 radical (unpaired) electrons. The molecule has 1 atom stereocenters. The minimum atomic E-state index is -0.0198. The predicted molar refractivity (Wildman–Crippen MR) is 100 cm³/mol. The normalized spacial score (nSPS) is 20.2. The number of benzene rings is 1. The molecule has 1 aromatic rings. The molecule has 3 rings (SSSR count). The number of rotatable bonds is 6. The van der Waals surface area contributed by atoms with Crippen LogP contribution in [-0.2, 0) is 9.53 Å². The molecule has 0 aliphatic carbocycles. The zero-order chi connectivity index (χ0) is 18.4. The smallest absolute Gasteiger partial charge is 0.253 e. The van der Waals surface area contributed by atoms with E-state index in [2.05, 4.69) is 5.32 Å². The van der Waals surface area contributed by atoms with E-state index in [0.29, 0.717) is 25.1 Å². The van der Waals surface area contributed by atoms with Crippen LogP contribution in [0, 0.1) is 6.92 Å². The van der Waals surface area contributed by atoms with Gasteiger partial charge in [-0.05, 0) is 31.9 Å². The lowest BCUT2D eigenvalue weighted by atomic mass is 10.1. The van der Waals surface area contributed by atoms with Gasteiger partial charge in [0, 0.05) is 57.9 Å². The van der Waals surface area contributed by atoms with Gasteiger partial charge in [0.05, 0.1) is 6.10 Å². The van der Waals surface area contributed by atoms with Gasteiger partial charge in [0.1, 0.15) is 0 Å². The number of carbonyl (C=O) groups excluding carboxylic acids is 2. The lowest BCUT2D eigenvalue weighted by molar-refractivity contribution is -0.132. The number of aryl methyl sites for hydroxylation is 1. The second-order valence-corrected chi connectivity index (χ2v) is 7.13. The summed E-state index contributed by atoms with van der Waals surface area (Å²) in [6.07, 6.45) is 2.46. The van der Waals surface area contributed by atoms with Crippen LogP contribution in [0.4, 0.5) is 0 Å². The molecule has 2 fully saturated rings. The van der Waals surface area contributed by atoms with E-state index in [1.165, 1.54) is 0 Å². The van der Waals surface area contributed by atoms with Gasteiger partial charge >= 0.3 is 0 Å². The second kappa shape index (κ2) is 9.14. The van der Waals surface area contributed by atoms with E-state index in [9.17, 15) is 9.59 Å². The third-order valence-electron chi connectivity index (χ3n) is 5.10. The quantitative estimate of drug-likeness (QED) is 0.835. The Morgan fingerprint density at radius 1 is 1.23 bits per heavy atom. The molecule has 6 heteroatoms. The Bertz CT molecular complexity index is 605. The van der Waals surface area contributed by atoms with Crippen molar-refractivity contribution in [1.29, 1.82) is 0 Å². The first-order valence-corrected chi connectivity index (χ1v) is 9.59. The zero-order valence-corrected chi connectivity index (χ0v) is 15.6. The number of hydrogen-bond donors (Lipinski definition) is 1. The number of nitrogens with zero attached hydrogens (tertiary/aromatic N) is 2. The maximum absolute atomic E-state index is 13.0. The highest BCUT2D eigenvalue weighted by Gasteiger charge is 2.25. The summed E-state index contributed by atoms with van der Waals surface area (Å²) < 4.78 is 5.71. The summed E-state index contributed by atoms with van der Waals surface area (Å²) in [7, 11) is 0. The lowest BCUT2D eigenvalue weighted by Crippen LogP contribution is -2.47. The largest absolute Gasteiger partial charge is 0.376 e. The molecule has 6 nitrogen and oxygen atoms in total. The van der Waals surface area contributed by atoms with E-state index in [4.69, 9.17) is 4.74 Å². The molecule has 2 heterocycles. The lowest BCUT2D eigenvalue weighted by Gasteiger charge is -2.30. The van der Waals surface area contributed by atoms with Crippen molar-refractivity contribution in [3.05, 3.63) is 35.4 Å². The van der Waals surface area contributed by atoms with Gasteiger partial charge in [0.15, 0.2) is 0 Å². The summed E-state index contributed by atoms with van der Waals surface area (Å²) in [6, 6.07) is 7.61. The molecule has 2 aliphatic rings. The molecule has 0 bridgehead atoms. The van der Waals surface area contributed by atoms with Crippen molar-refractivity contribution in [3.8, 4) is 0 Å². The highest BCUT2D eigenvalue weighted by Crippen LogP contribution is 2.16. The van der Waals surface area contributed by atoms with Gasteiger partial charge in [-0.1, -0.05) is 17.7 Å². The van der Waals surface area contributed by atoms with Crippen molar-refractivity contribution in [2.45, 2.75) is 32.3 Å². The van der Waals surface area contributed by atoms with Gasteiger partial charge in [-0.15, -0.1) is 0 Å². The van der Waals surface area contributed by atoms with E-state index < -0.39 is 0 Å². The molecule has 0 spiro atoms. The number of hydrogen-bond acceptors (Lipinski definition) is 4. The van der Waals surface area contributed by atoms with Crippen molar-refractivity contribution in [2.75, 3.05) is 45.9 Å². The summed E-state index contributed by atoms with van der Waals surface area (Å²) in [4.78, 5) is 29.1. The summed E-state index contributed by atoms with van der Waals surface area (Å²) in [5.74, 6) is 0.106. The van der Waals surface area contributed by atoms with Crippen molar-refractivity contribution in [1.82, 2.24) is 15.1 Å². The minimum absolute atomic E-state index is 0.0198. The number of amides is 2. The Kier molecular flexibility index (Phi) is 6.63. The fraction of sp³-hybridized carbons (Fsp3) is 0.600. The number of ether oxygens (including phenoxy) is 1. The molecule has 2 amide bonds. The Balaban J connectivity index is 1.63. The molecule has 1 aromatic carbocycles. The molecule has 0 unspecified atom stereocenters. The van der Waals surface area contributed by atoms with Gasteiger partial charge in [0.25, 0.3) is 5.91 Å². The maximum Gasteiger partial charge on any atom is 0.253 e. The third-order valence-corrected chi connectivity index (χ3v) is 5.10. The standard InChI is InChI=1S/C20H29N3O3/c1-16-4-6-17(7-5-16)20(25)23(15-18-3-2-14-26-18)11-8-19(24)22-12-9-21-10-13-22/h4-7,18,21H,2-3,8-15H2,1H3/t18-/m1/s1. The first-order valence-electron chi connectivity index (χ1n) is 9.59. The predicted octanol–water partition coefficient (Wildman–Crippen LogP) is 1.44. The zero-order valence-electron chi connectivity index (χ0n) is 15.6. The highest BCUT2D eigenvalue weighted by atomic mass is 16.5. The fourth-order valence-electron chi connectivity index (χ4n) is 3.49. The van der Waals surface area contributed by atoms with Crippen LogP contribution in [-0.4, -0.2) is 73.6 Å². The molecule has 1 N–H and O–H groups in total. The van der Waals surface area contributed by atoms with Gasteiger partial charge < -0.3 is 19.9 Å². The minimum Gasteiger partial charge on any atom is -0.376 e. The second-order valence-electron chi connectivity index (χ2n) is 7.13. The summed E-state index contributed by atoms with van der Waals surface area (Å²) in [6.45, 7) is 6.94. The Morgan fingerprint density at radius 2 is 1.96 bits per heavy atom. The molecule has 0 aromatic heterocycles. The maximum atomic E-state index is 13.0. The summed E-state index contributed by atoms with van der Waals surface area (Å²) in [5, 5.41) is 3.25. The van der Waals surface area contributed by atoms with Crippen LogP contribution in [0.1, 0.15) is 35.2 Å². The molecular formula is C20H29N3O3. The van der Waals surface area contributed by atoms with Crippen LogP contribution in [0.3, 0.4) is 0 Å². The first-order chi connectivity index (χ1) is 12.6. The molecule has 0 saturated carbocycles. The van der Waals surface area contributed by atoms with Crippen LogP contribution in [0.15, 0.2) is 24.3 Å². The average molecular weight is 359 g/mol. The molecule has 26 heavy (non-hydrogen) atoms. The summed E-state index contributed by atoms with van der Waals surface area (Å²) in [5.41, 5.74) is 1.80. The Hall–Kier alpha value is -1.92. The van der Waals surface area contributed by atoms with Crippen molar-refractivity contribution >= 4 is 11.8 Å². The van der Waals surface area contributed by atoms with Crippen LogP contribution in [0.25, 0.3) is 0 Å². The molecule has 142 valence electrons. The highest BCUT2D eigenvalue weighted by molar-refractivity contribution is 5.94. The first kappa shape index (κ1) is 18.9. The molecule has 2 aliphatic heterocycles. The van der Waals surface area contributed by atoms with Crippen molar-refractivity contribution < 1.29 is 14.3 Å². The van der Waals surface area contributed by atoms with E-state index >= 15 is 0 Å². The molecule has 2 saturated heterocycles. The van der Waals surface area contributed by atoms with Crippen LogP contribution in [0.2, 0.25) is 0 Å². The van der Waals surface area contributed by atoms with E-state index in [1.54, 1.807) is 4.90 Å². The van der Waals surface area contributed by atoms with E-state index in [1.807, 2.05) is 36.1 Å². The average Bonchev–Trinajstić information content (AvgIpc) is 3.19. The van der Waals surface area contributed by atoms with Gasteiger partial charge in [-0.25, -0.2) is 0 Å². The number of piperazine rings is 1. The van der Waals surface area contributed by atoms with E-state index in [-0.39, 0.29) is 17.9 Å². The Labute approximate surface area is 155 Å². The van der Waals surface area contributed by atoms with Gasteiger partial charge in [-0.2, -0.15) is 0 Å². The summed E-state index contributed by atoms with van der Waals surface area (Å²) >= 11 is 0. The molecular weight excluding hydrogens is 330 g/mol. The fourth-order valence-corrected chi connectivity index (χ4v) is 3.49. The van der Waals surface area contributed by atoms with Gasteiger partial charge in [0.2, 0.25) is 5.91 Å². The Morgan fingerprint density at radius 3 is 2.62 bits per heavy atom. The topological polar surface area (TPSA) is 61.9 Å². The van der Waals surface area contributed by atoms with Crippen molar-refractivity contribution in [2.24, 2.45) is 0 Å². The van der Waals surface area contributed by atoms with Crippen LogP contribution >= 0.6 is 0 Å². The van der Waals surface area contributed by atoms with E-state index in [0.717, 1.165) is 51.2 Å². The third kappa shape index (κ3) is 5.05. The number of carbonyl (C=O) groups is 2. The SMILES string of the molecule is Cc1ccc(C(=O)N(CCC(=O)N2CCNCC2)C[C@H]2CCCO2)cc1. The number of nitrogens with one attached hydrogen (secondary N) is 1. The van der Waals surface area contributed by atoms with Crippen molar-refractivity contribution in [3.63, 3.8) is 0 Å².